The van der Waals surface area contributed by atoms with E-state index in [9.17, 15) is 5.11 Å². The molecular weight excluding hydrogens is 214 g/mol. The van der Waals surface area contributed by atoms with Gasteiger partial charge in [-0.2, -0.15) is 0 Å². The lowest BCUT2D eigenvalue weighted by Crippen LogP contribution is -2.35. The quantitative estimate of drug-likeness (QED) is 0.714. The number of hydrogen-bond acceptors (Lipinski definition) is 3. The van der Waals surface area contributed by atoms with Gasteiger partial charge >= 0.3 is 0 Å². The molecule has 0 aliphatic heterocycles. The Morgan fingerprint density at radius 3 is 2.76 bits per heavy atom. The zero-order valence-corrected chi connectivity index (χ0v) is 10.9. The van der Waals surface area contributed by atoms with Gasteiger partial charge in [-0.25, -0.2) is 0 Å². The molecule has 1 aromatic carbocycles. The normalized spacial score (nSPS) is 14.5. The van der Waals surface area contributed by atoms with E-state index in [1.165, 1.54) is 5.56 Å². The number of nitrogens with one attached hydrogen (secondary N) is 1. The third-order valence-corrected chi connectivity index (χ3v) is 3.09. The number of hydrogen-bond donors (Lipinski definition) is 2. The van der Waals surface area contributed by atoms with Crippen molar-refractivity contribution in [3.63, 3.8) is 0 Å². The molecule has 0 bridgehead atoms. The fraction of sp³-hybridized carbons (Fsp3) is 0.571. The fourth-order valence-electron chi connectivity index (χ4n) is 1.82. The molecule has 2 N–H and O–H groups in total. The minimum Gasteiger partial charge on any atom is -0.508 e. The third kappa shape index (κ3) is 5.20. The Morgan fingerprint density at radius 1 is 1.35 bits per heavy atom. The van der Waals surface area contributed by atoms with E-state index in [1.54, 1.807) is 13.2 Å². The predicted molar refractivity (Wildman–Crippen MR) is 70.3 cm³/mol. The molecule has 17 heavy (non-hydrogen) atoms. The van der Waals surface area contributed by atoms with Gasteiger partial charge in [0.25, 0.3) is 0 Å². The number of phenolic OH excluding ortho intramolecular Hbond substituents is 1. The molecule has 0 aromatic heterocycles. The van der Waals surface area contributed by atoms with E-state index in [4.69, 9.17) is 4.74 Å². The largest absolute Gasteiger partial charge is 0.508 e. The highest BCUT2D eigenvalue weighted by atomic mass is 16.5. The third-order valence-electron chi connectivity index (χ3n) is 3.09. The molecule has 3 nitrogen and oxygen atoms in total. The Balaban J connectivity index is 2.39. The van der Waals surface area contributed by atoms with E-state index in [-0.39, 0.29) is 0 Å². The molecule has 0 fully saturated rings. The highest BCUT2D eigenvalue weighted by molar-refractivity contribution is 5.27. The highest BCUT2D eigenvalue weighted by Gasteiger charge is 2.12. The monoisotopic (exact) mass is 237 g/mol. The van der Waals surface area contributed by atoms with Gasteiger partial charge in [0.15, 0.2) is 0 Å². The van der Waals surface area contributed by atoms with E-state index in [0.717, 1.165) is 19.6 Å². The van der Waals surface area contributed by atoms with E-state index >= 15 is 0 Å². The summed E-state index contributed by atoms with van der Waals surface area (Å²) in [4.78, 5) is 0. The van der Waals surface area contributed by atoms with Crippen LogP contribution >= 0.6 is 0 Å². The van der Waals surface area contributed by atoms with E-state index in [2.05, 4.69) is 25.2 Å². The molecule has 0 saturated carbocycles. The number of benzene rings is 1. The van der Waals surface area contributed by atoms with Crippen LogP contribution in [0.4, 0.5) is 0 Å². The lowest BCUT2D eigenvalue weighted by atomic mass is 9.95. The molecule has 1 aromatic rings. The Hall–Kier alpha value is -1.06. The molecular formula is C14H23NO2. The zero-order valence-electron chi connectivity index (χ0n) is 10.9. The number of rotatable bonds is 7. The van der Waals surface area contributed by atoms with Crippen molar-refractivity contribution in [2.24, 2.45) is 5.92 Å². The summed E-state index contributed by atoms with van der Waals surface area (Å²) in [6.07, 6.45) is 0.968. The van der Waals surface area contributed by atoms with Crippen LogP contribution in [0.15, 0.2) is 24.3 Å². The minimum atomic E-state index is 0.342. The maximum absolute atomic E-state index is 9.41. The molecule has 0 heterocycles. The molecule has 2 unspecified atom stereocenters. The molecule has 0 aliphatic rings. The lowest BCUT2D eigenvalue weighted by molar-refractivity contribution is 0.192. The molecule has 2 atom stereocenters. The number of aromatic hydroxyl groups is 1. The van der Waals surface area contributed by atoms with E-state index in [0.29, 0.717) is 17.7 Å². The average Bonchev–Trinajstić information content (AvgIpc) is 2.29. The van der Waals surface area contributed by atoms with Crippen molar-refractivity contribution in [1.82, 2.24) is 5.32 Å². The van der Waals surface area contributed by atoms with E-state index < -0.39 is 0 Å². The van der Waals surface area contributed by atoms with Crippen LogP contribution in [0.3, 0.4) is 0 Å². The Morgan fingerprint density at radius 2 is 2.12 bits per heavy atom. The maximum atomic E-state index is 9.41. The number of ether oxygens (including phenoxy) is 1. The molecule has 0 saturated heterocycles. The first-order valence-electron chi connectivity index (χ1n) is 6.13. The van der Waals surface area contributed by atoms with Crippen molar-refractivity contribution in [3.05, 3.63) is 29.8 Å². The van der Waals surface area contributed by atoms with Gasteiger partial charge in [-0.15, -0.1) is 0 Å². The Labute approximate surface area is 104 Å². The van der Waals surface area contributed by atoms with Crippen molar-refractivity contribution in [1.29, 1.82) is 0 Å². The topological polar surface area (TPSA) is 41.5 Å². The second-order valence-corrected chi connectivity index (χ2v) is 4.59. The first kappa shape index (κ1) is 14.0. The Bertz CT molecular complexity index is 328. The predicted octanol–water partition coefficient (Wildman–Crippen LogP) is 2.20. The number of phenols is 1. The summed E-state index contributed by atoms with van der Waals surface area (Å²) in [6, 6.07) is 7.91. The molecule has 0 aliphatic carbocycles. The van der Waals surface area contributed by atoms with Gasteiger partial charge in [0.05, 0.1) is 6.61 Å². The van der Waals surface area contributed by atoms with Crippen LogP contribution in [0.5, 0.6) is 5.75 Å². The van der Waals surface area contributed by atoms with Gasteiger partial charge in [0.2, 0.25) is 0 Å². The van der Waals surface area contributed by atoms with Crippen LogP contribution in [-0.4, -0.2) is 31.4 Å². The van der Waals surface area contributed by atoms with Crippen LogP contribution < -0.4 is 5.32 Å². The van der Waals surface area contributed by atoms with Gasteiger partial charge in [0, 0.05) is 19.7 Å². The minimum absolute atomic E-state index is 0.342. The smallest absolute Gasteiger partial charge is 0.115 e. The van der Waals surface area contributed by atoms with Crippen LogP contribution in [0.25, 0.3) is 0 Å². The molecule has 3 heteroatoms. The molecule has 96 valence electrons. The second-order valence-electron chi connectivity index (χ2n) is 4.59. The summed E-state index contributed by atoms with van der Waals surface area (Å²) in [7, 11) is 1.71. The van der Waals surface area contributed by atoms with Gasteiger partial charge in [0.1, 0.15) is 5.75 Å². The van der Waals surface area contributed by atoms with Crippen molar-refractivity contribution >= 4 is 0 Å². The first-order valence-corrected chi connectivity index (χ1v) is 6.13. The molecule has 0 radical (unpaired) electrons. The second kappa shape index (κ2) is 7.30. The van der Waals surface area contributed by atoms with Gasteiger partial charge < -0.3 is 15.2 Å². The summed E-state index contributed by atoms with van der Waals surface area (Å²) in [6.45, 7) is 6.02. The van der Waals surface area contributed by atoms with Crippen molar-refractivity contribution < 1.29 is 9.84 Å². The lowest BCUT2D eigenvalue weighted by Gasteiger charge is -2.21. The van der Waals surface area contributed by atoms with Crippen molar-refractivity contribution in [2.75, 3.05) is 20.3 Å². The molecule has 0 spiro atoms. The molecule has 0 amide bonds. The summed E-state index contributed by atoms with van der Waals surface area (Å²) < 4.78 is 5.01. The van der Waals surface area contributed by atoms with Gasteiger partial charge in [-0.3, -0.25) is 0 Å². The van der Waals surface area contributed by atoms with Crippen LogP contribution in [0.1, 0.15) is 19.4 Å². The van der Waals surface area contributed by atoms with E-state index in [1.807, 2.05) is 12.1 Å². The maximum Gasteiger partial charge on any atom is 0.115 e. The van der Waals surface area contributed by atoms with Crippen LogP contribution in [0.2, 0.25) is 0 Å². The summed E-state index contributed by atoms with van der Waals surface area (Å²) in [5, 5.41) is 12.8. The van der Waals surface area contributed by atoms with Gasteiger partial charge in [-0.05, 0) is 37.0 Å². The highest BCUT2D eigenvalue weighted by Crippen LogP contribution is 2.16. The van der Waals surface area contributed by atoms with Crippen LogP contribution in [-0.2, 0) is 11.2 Å². The zero-order chi connectivity index (χ0) is 12.7. The average molecular weight is 237 g/mol. The summed E-state index contributed by atoms with van der Waals surface area (Å²) in [5.74, 6) is 0.864. The van der Waals surface area contributed by atoms with Crippen LogP contribution in [0, 0.1) is 5.92 Å². The summed E-state index contributed by atoms with van der Waals surface area (Å²) >= 11 is 0. The Kier molecular flexibility index (Phi) is 6.01. The summed E-state index contributed by atoms with van der Waals surface area (Å²) in [5.41, 5.74) is 1.18. The van der Waals surface area contributed by atoms with Gasteiger partial charge in [-0.1, -0.05) is 19.1 Å². The van der Waals surface area contributed by atoms with Crippen molar-refractivity contribution in [2.45, 2.75) is 26.3 Å². The first-order chi connectivity index (χ1) is 8.13. The number of methoxy groups -OCH3 is 1. The fourth-order valence-corrected chi connectivity index (χ4v) is 1.82. The SMILES string of the molecule is COCCNC(C)C(C)Cc1cccc(O)c1. The standard InChI is InChI=1S/C14H23NO2/c1-11(12(2)15-7-8-17-3)9-13-5-4-6-14(16)10-13/h4-6,10-12,15-16H,7-9H2,1-3H3. The molecule has 1 rings (SSSR count). The van der Waals surface area contributed by atoms with Crippen molar-refractivity contribution in [3.8, 4) is 5.75 Å².